The summed E-state index contributed by atoms with van der Waals surface area (Å²) in [4.78, 5) is 22.9. The Morgan fingerprint density at radius 2 is 1.95 bits per heavy atom. The Labute approximate surface area is 119 Å². The van der Waals surface area contributed by atoms with Crippen LogP contribution in [0.4, 0.5) is 0 Å². The Kier molecular flexibility index (Phi) is 6.73. The molecule has 0 saturated heterocycles. The number of amides is 1. The van der Waals surface area contributed by atoms with Crippen molar-refractivity contribution in [2.24, 2.45) is 5.73 Å². The lowest BCUT2D eigenvalue weighted by Crippen LogP contribution is -2.42. The van der Waals surface area contributed by atoms with E-state index >= 15 is 0 Å². The molecule has 0 spiro atoms. The van der Waals surface area contributed by atoms with Crippen molar-refractivity contribution in [3.8, 4) is 0 Å². The predicted octanol–water partition coefficient (Wildman–Crippen LogP) is 1.84. The second-order valence-electron chi connectivity index (χ2n) is 4.82. The molecule has 0 heterocycles. The summed E-state index contributed by atoms with van der Waals surface area (Å²) in [5.74, 6) is -1.25. The lowest BCUT2D eigenvalue weighted by Gasteiger charge is -2.20. The fraction of sp³-hybridized carbons (Fsp3) is 0.467. The molecule has 0 aliphatic heterocycles. The van der Waals surface area contributed by atoms with Gasteiger partial charge in [-0.15, -0.1) is 0 Å². The van der Waals surface area contributed by atoms with E-state index in [2.05, 4.69) is 5.32 Å². The average molecular weight is 278 g/mol. The molecule has 1 aromatic carbocycles. The number of benzene rings is 1. The van der Waals surface area contributed by atoms with Gasteiger partial charge in [0.25, 0.3) is 0 Å². The Bertz CT molecular complexity index is 434. The van der Waals surface area contributed by atoms with E-state index in [1.54, 1.807) is 12.1 Å². The van der Waals surface area contributed by atoms with Crippen molar-refractivity contribution in [1.29, 1.82) is 0 Å². The second-order valence-corrected chi connectivity index (χ2v) is 4.82. The summed E-state index contributed by atoms with van der Waals surface area (Å²) >= 11 is 0. The Morgan fingerprint density at radius 3 is 2.50 bits per heavy atom. The number of carboxylic acid groups (broad SMARTS) is 1. The number of rotatable bonds is 8. The minimum atomic E-state index is -0.957. The van der Waals surface area contributed by atoms with Gasteiger partial charge in [0.1, 0.15) is 0 Å². The highest BCUT2D eigenvalue weighted by molar-refractivity contribution is 5.82. The van der Waals surface area contributed by atoms with Crippen LogP contribution in [-0.4, -0.2) is 23.0 Å². The maximum Gasteiger partial charge on any atom is 0.305 e. The minimum Gasteiger partial charge on any atom is -0.481 e. The highest BCUT2D eigenvalue weighted by Crippen LogP contribution is 2.16. The molecule has 0 saturated carbocycles. The van der Waals surface area contributed by atoms with Gasteiger partial charge in [0.2, 0.25) is 5.91 Å². The molecule has 20 heavy (non-hydrogen) atoms. The zero-order chi connectivity index (χ0) is 15.0. The van der Waals surface area contributed by atoms with Gasteiger partial charge in [-0.1, -0.05) is 50.1 Å². The molecular weight excluding hydrogens is 256 g/mol. The van der Waals surface area contributed by atoms with Crippen LogP contribution in [0, 0.1) is 0 Å². The maximum atomic E-state index is 12.0. The molecule has 0 aromatic heterocycles. The number of carbonyl (C=O) groups is 2. The lowest BCUT2D eigenvalue weighted by molar-refractivity contribution is -0.137. The van der Waals surface area contributed by atoms with Crippen LogP contribution in [0.1, 0.15) is 44.2 Å². The van der Waals surface area contributed by atoms with Crippen LogP contribution < -0.4 is 11.1 Å². The molecule has 0 aliphatic carbocycles. The van der Waals surface area contributed by atoms with Crippen molar-refractivity contribution < 1.29 is 14.7 Å². The number of unbranched alkanes of at least 4 members (excludes halogenated alkanes) is 1. The van der Waals surface area contributed by atoms with Gasteiger partial charge >= 0.3 is 5.97 Å². The number of nitrogens with one attached hydrogen (secondary N) is 1. The monoisotopic (exact) mass is 278 g/mol. The van der Waals surface area contributed by atoms with Crippen molar-refractivity contribution in [3.05, 3.63) is 35.9 Å². The first-order valence-electron chi connectivity index (χ1n) is 6.87. The molecule has 1 unspecified atom stereocenters. The van der Waals surface area contributed by atoms with Gasteiger partial charge in [0.05, 0.1) is 18.5 Å². The average Bonchev–Trinajstić information content (AvgIpc) is 2.44. The molecule has 2 atom stereocenters. The number of carboxylic acids is 1. The molecule has 110 valence electrons. The number of aliphatic carboxylic acids is 1. The molecule has 0 fully saturated rings. The summed E-state index contributed by atoms with van der Waals surface area (Å²) in [6, 6.07) is 7.93. The molecule has 5 heteroatoms. The molecular formula is C15H22N2O3. The van der Waals surface area contributed by atoms with Crippen LogP contribution in [0.25, 0.3) is 0 Å². The SMILES string of the molecule is CCCC[C@H](N)C(=O)NC(CC(=O)O)c1ccccc1. The summed E-state index contributed by atoms with van der Waals surface area (Å²) < 4.78 is 0. The fourth-order valence-electron chi connectivity index (χ4n) is 1.95. The van der Waals surface area contributed by atoms with Crippen molar-refractivity contribution in [3.63, 3.8) is 0 Å². The largest absolute Gasteiger partial charge is 0.481 e. The van der Waals surface area contributed by atoms with Crippen molar-refractivity contribution in [2.75, 3.05) is 0 Å². The third-order valence-electron chi connectivity index (χ3n) is 3.10. The first-order valence-corrected chi connectivity index (χ1v) is 6.87. The van der Waals surface area contributed by atoms with Crippen LogP contribution in [0.5, 0.6) is 0 Å². The number of carbonyl (C=O) groups excluding carboxylic acids is 1. The van der Waals surface area contributed by atoms with Gasteiger partial charge < -0.3 is 16.2 Å². The normalized spacial score (nSPS) is 13.5. The summed E-state index contributed by atoms with van der Waals surface area (Å²) in [7, 11) is 0. The zero-order valence-electron chi connectivity index (χ0n) is 11.7. The fourth-order valence-corrected chi connectivity index (χ4v) is 1.95. The molecule has 1 rings (SSSR count). The Balaban J connectivity index is 2.70. The van der Waals surface area contributed by atoms with E-state index in [1.165, 1.54) is 0 Å². The molecule has 0 radical (unpaired) electrons. The molecule has 1 aromatic rings. The van der Waals surface area contributed by atoms with Crippen LogP contribution >= 0.6 is 0 Å². The number of nitrogens with two attached hydrogens (primary N) is 1. The molecule has 1 amide bonds. The first kappa shape index (κ1) is 16.2. The van der Waals surface area contributed by atoms with Gasteiger partial charge in [-0.25, -0.2) is 0 Å². The van der Waals surface area contributed by atoms with Gasteiger partial charge in [-0.2, -0.15) is 0 Å². The van der Waals surface area contributed by atoms with Gasteiger partial charge in [-0.05, 0) is 12.0 Å². The quantitative estimate of drug-likeness (QED) is 0.676. The maximum absolute atomic E-state index is 12.0. The molecule has 4 N–H and O–H groups in total. The van der Waals surface area contributed by atoms with E-state index < -0.39 is 18.1 Å². The van der Waals surface area contributed by atoms with Crippen LogP contribution in [0.2, 0.25) is 0 Å². The Hall–Kier alpha value is -1.88. The van der Waals surface area contributed by atoms with E-state index in [9.17, 15) is 9.59 Å². The summed E-state index contributed by atoms with van der Waals surface area (Å²) in [5.41, 5.74) is 6.57. The lowest BCUT2D eigenvalue weighted by atomic mass is 10.0. The highest BCUT2D eigenvalue weighted by Gasteiger charge is 2.21. The van der Waals surface area contributed by atoms with E-state index in [1.807, 2.05) is 25.1 Å². The third kappa shape index (κ3) is 5.40. The van der Waals surface area contributed by atoms with E-state index in [0.29, 0.717) is 6.42 Å². The summed E-state index contributed by atoms with van der Waals surface area (Å²) in [5, 5.41) is 11.7. The van der Waals surface area contributed by atoms with E-state index in [0.717, 1.165) is 18.4 Å². The first-order chi connectivity index (χ1) is 9.54. The van der Waals surface area contributed by atoms with Gasteiger partial charge in [0.15, 0.2) is 0 Å². The minimum absolute atomic E-state index is 0.156. The summed E-state index contributed by atoms with van der Waals surface area (Å²) in [6.45, 7) is 2.03. The number of hydrogen-bond donors (Lipinski definition) is 3. The number of hydrogen-bond acceptors (Lipinski definition) is 3. The van der Waals surface area contributed by atoms with Gasteiger partial charge in [-0.3, -0.25) is 9.59 Å². The van der Waals surface area contributed by atoms with Crippen molar-refractivity contribution >= 4 is 11.9 Å². The molecule has 5 nitrogen and oxygen atoms in total. The third-order valence-corrected chi connectivity index (χ3v) is 3.10. The standard InChI is InChI=1S/C15H22N2O3/c1-2-3-9-12(16)15(20)17-13(10-14(18)19)11-7-5-4-6-8-11/h4-8,12-13H,2-3,9-10,16H2,1H3,(H,17,20)(H,18,19)/t12-,13?/m0/s1. The molecule has 0 aliphatic rings. The second kappa shape index (κ2) is 8.32. The van der Waals surface area contributed by atoms with Crippen molar-refractivity contribution in [2.45, 2.75) is 44.7 Å². The zero-order valence-corrected chi connectivity index (χ0v) is 11.7. The van der Waals surface area contributed by atoms with Crippen molar-refractivity contribution in [1.82, 2.24) is 5.32 Å². The highest BCUT2D eigenvalue weighted by atomic mass is 16.4. The summed E-state index contributed by atoms with van der Waals surface area (Å²) in [6.07, 6.45) is 2.30. The van der Waals surface area contributed by atoms with Gasteiger partial charge in [0, 0.05) is 0 Å². The Morgan fingerprint density at radius 1 is 1.30 bits per heavy atom. The van der Waals surface area contributed by atoms with Crippen LogP contribution in [-0.2, 0) is 9.59 Å². The smallest absolute Gasteiger partial charge is 0.305 e. The predicted molar refractivity (Wildman–Crippen MR) is 77.1 cm³/mol. The van der Waals surface area contributed by atoms with Crippen LogP contribution in [0.15, 0.2) is 30.3 Å². The van der Waals surface area contributed by atoms with Crippen LogP contribution in [0.3, 0.4) is 0 Å². The topological polar surface area (TPSA) is 92.4 Å². The molecule has 0 bridgehead atoms. The van der Waals surface area contributed by atoms with E-state index in [4.69, 9.17) is 10.8 Å². The van der Waals surface area contributed by atoms with E-state index in [-0.39, 0.29) is 12.3 Å².